The van der Waals surface area contributed by atoms with Crippen LogP contribution in [0.1, 0.15) is 31.7 Å². The van der Waals surface area contributed by atoms with Crippen molar-refractivity contribution in [1.29, 1.82) is 0 Å². The number of rotatable bonds is 4. The Balaban J connectivity index is 2.46. The molecule has 1 aromatic heterocycles. The van der Waals surface area contributed by atoms with E-state index in [1.807, 2.05) is 20.8 Å². The van der Waals surface area contributed by atoms with Crippen molar-refractivity contribution in [2.75, 3.05) is 23.4 Å². The minimum atomic E-state index is -0.187. The van der Waals surface area contributed by atoms with E-state index in [0.29, 0.717) is 12.4 Å². The first-order valence-corrected chi connectivity index (χ1v) is 7.00. The number of piperazine rings is 1. The maximum absolute atomic E-state index is 12.0. The van der Waals surface area contributed by atoms with Gasteiger partial charge in [-0.05, 0) is 13.3 Å². The van der Waals surface area contributed by atoms with E-state index in [4.69, 9.17) is 5.84 Å². The Bertz CT molecular complexity index is 504. The smallest absolute Gasteiger partial charge is 0.242 e. The van der Waals surface area contributed by atoms with Gasteiger partial charge >= 0.3 is 0 Å². The van der Waals surface area contributed by atoms with Gasteiger partial charge in [0, 0.05) is 25.1 Å². The lowest BCUT2D eigenvalue weighted by Crippen LogP contribution is -2.55. The molecule has 0 aliphatic carbocycles. The quantitative estimate of drug-likeness (QED) is 0.543. The van der Waals surface area contributed by atoms with E-state index >= 15 is 0 Å². The number of nitrogens with two attached hydrogens (primary N) is 1. The lowest BCUT2D eigenvalue weighted by atomic mass is 10.1. The van der Waals surface area contributed by atoms with Gasteiger partial charge in [0.15, 0.2) is 0 Å². The summed E-state index contributed by atoms with van der Waals surface area (Å²) < 4.78 is 0. The molecule has 1 atom stereocenters. The fourth-order valence-electron chi connectivity index (χ4n) is 2.50. The van der Waals surface area contributed by atoms with Crippen molar-refractivity contribution >= 4 is 17.5 Å². The van der Waals surface area contributed by atoms with Gasteiger partial charge in [-0.1, -0.05) is 13.8 Å². The Kier molecular flexibility index (Phi) is 4.39. The zero-order chi connectivity index (χ0) is 14.7. The number of carbonyl (C=O) groups is 1. The van der Waals surface area contributed by atoms with Gasteiger partial charge < -0.3 is 15.6 Å². The first kappa shape index (κ1) is 14.5. The van der Waals surface area contributed by atoms with Crippen molar-refractivity contribution < 1.29 is 4.79 Å². The zero-order valence-corrected chi connectivity index (χ0v) is 12.2. The fraction of sp³-hybridized carbons (Fsp3) is 0.615. The summed E-state index contributed by atoms with van der Waals surface area (Å²) in [6.07, 6.45) is 1.46. The third-order valence-corrected chi connectivity index (χ3v) is 3.61. The molecule has 110 valence electrons. The number of anilines is 2. The normalized spacial score (nSPS) is 18.9. The molecule has 0 bridgehead atoms. The minimum absolute atomic E-state index is 0.0528. The summed E-state index contributed by atoms with van der Waals surface area (Å²) in [5.41, 5.74) is 3.49. The molecule has 1 saturated heterocycles. The number of hydrazine groups is 1. The summed E-state index contributed by atoms with van der Waals surface area (Å²) in [7, 11) is 0. The van der Waals surface area contributed by atoms with Gasteiger partial charge in [0.25, 0.3) is 0 Å². The van der Waals surface area contributed by atoms with Gasteiger partial charge in [-0.3, -0.25) is 4.79 Å². The second-order valence-electron chi connectivity index (χ2n) is 4.84. The average molecular weight is 278 g/mol. The monoisotopic (exact) mass is 278 g/mol. The Morgan fingerprint density at radius 2 is 2.20 bits per heavy atom. The summed E-state index contributed by atoms with van der Waals surface area (Å²) in [5.74, 6) is 7.72. The van der Waals surface area contributed by atoms with Crippen LogP contribution in [0.4, 0.5) is 11.6 Å². The molecule has 0 saturated carbocycles. The summed E-state index contributed by atoms with van der Waals surface area (Å²) in [5, 5.41) is 2.90. The highest BCUT2D eigenvalue weighted by Gasteiger charge is 2.30. The van der Waals surface area contributed by atoms with Crippen LogP contribution in [0.3, 0.4) is 0 Å². The van der Waals surface area contributed by atoms with Crippen molar-refractivity contribution in [3.8, 4) is 0 Å². The molecular weight excluding hydrogens is 256 g/mol. The van der Waals surface area contributed by atoms with E-state index in [1.54, 1.807) is 0 Å². The van der Waals surface area contributed by atoms with Crippen LogP contribution in [0.15, 0.2) is 0 Å². The van der Waals surface area contributed by atoms with Crippen molar-refractivity contribution in [2.45, 2.75) is 39.7 Å². The number of nitrogens with one attached hydrogen (secondary N) is 2. The number of nitrogen functional groups attached to an aromatic ring is 1. The van der Waals surface area contributed by atoms with E-state index in [1.165, 1.54) is 0 Å². The molecule has 0 aromatic carbocycles. The van der Waals surface area contributed by atoms with Crippen LogP contribution in [0.5, 0.6) is 0 Å². The third-order valence-electron chi connectivity index (χ3n) is 3.61. The van der Waals surface area contributed by atoms with Gasteiger partial charge in [-0.2, -0.15) is 0 Å². The predicted octanol–water partition coefficient (Wildman–Crippen LogP) is 0.348. The Morgan fingerprint density at radius 3 is 2.80 bits per heavy atom. The summed E-state index contributed by atoms with van der Waals surface area (Å²) >= 11 is 0. The first-order chi connectivity index (χ1) is 9.62. The SMILES string of the molecule is CCc1nc(NN)c(C)c(N2CCNC(=O)C2CC)n1. The summed E-state index contributed by atoms with van der Waals surface area (Å²) in [6.45, 7) is 7.29. The van der Waals surface area contributed by atoms with E-state index in [9.17, 15) is 4.79 Å². The molecule has 1 fully saturated rings. The number of hydrogen-bond donors (Lipinski definition) is 3. The number of carbonyl (C=O) groups excluding carboxylic acids is 1. The highest BCUT2D eigenvalue weighted by molar-refractivity contribution is 5.86. The van der Waals surface area contributed by atoms with E-state index < -0.39 is 0 Å². The number of hydrogen-bond acceptors (Lipinski definition) is 6. The molecule has 1 amide bonds. The molecule has 7 nitrogen and oxygen atoms in total. The highest BCUT2D eigenvalue weighted by Crippen LogP contribution is 2.26. The molecule has 2 rings (SSSR count). The molecule has 2 heterocycles. The van der Waals surface area contributed by atoms with Gasteiger partial charge in [0.05, 0.1) is 0 Å². The summed E-state index contributed by atoms with van der Waals surface area (Å²) in [4.78, 5) is 23.0. The molecule has 20 heavy (non-hydrogen) atoms. The molecule has 0 spiro atoms. The van der Waals surface area contributed by atoms with Crippen molar-refractivity contribution in [3.05, 3.63) is 11.4 Å². The molecule has 4 N–H and O–H groups in total. The van der Waals surface area contributed by atoms with Crippen LogP contribution < -0.4 is 21.5 Å². The minimum Gasteiger partial charge on any atom is -0.353 e. The van der Waals surface area contributed by atoms with Gasteiger partial charge in [0.2, 0.25) is 5.91 Å². The van der Waals surface area contributed by atoms with Crippen LogP contribution in [-0.4, -0.2) is 35.0 Å². The van der Waals surface area contributed by atoms with E-state index in [0.717, 1.165) is 36.6 Å². The van der Waals surface area contributed by atoms with Crippen LogP contribution in [0, 0.1) is 6.92 Å². The first-order valence-electron chi connectivity index (χ1n) is 7.00. The number of nitrogens with zero attached hydrogens (tertiary/aromatic N) is 3. The van der Waals surface area contributed by atoms with Gasteiger partial charge in [-0.25, -0.2) is 15.8 Å². The fourth-order valence-corrected chi connectivity index (χ4v) is 2.50. The molecular formula is C13H22N6O. The van der Waals surface area contributed by atoms with Crippen LogP contribution in [0.25, 0.3) is 0 Å². The van der Waals surface area contributed by atoms with Crippen molar-refractivity contribution in [3.63, 3.8) is 0 Å². The van der Waals surface area contributed by atoms with Gasteiger partial charge in [-0.15, -0.1) is 0 Å². The zero-order valence-electron chi connectivity index (χ0n) is 12.2. The molecule has 1 aliphatic rings. The lowest BCUT2D eigenvalue weighted by molar-refractivity contribution is -0.123. The van der Waals surface area contributed by atoms with Gasteiger partial charge in [0.1, 0.15) is 23.5 Å². The van der Waals surface area contributed by atoms with Crippen molar-refractivity contribution in [1.82, 2.24) is 15.3 Å². The molecule has 1 aliphatic heterocycles. The maximum atomic E-state index is 12.0. The molecule has 1 aromatic rings. The average Bonchev–Trinajstić information content (AvgIpc) is 2.47. The Labute approximate surface area is 118 Å². The van der Waals surface area contributed by atoms with E-state index in [2.05, 4.69) is 25.6 Å². The second-order valence-corrected chi connectivity index (χ2v) is 4.84. The standard InChI is InChI=1S/C13H22N6O/c1-4-9-13(20)15-6-7-19(9)12-8(3)11(18-14)16-10(5-2)17-12/h9H,4-7,14H2,1-3H3,(H,15,20)(H,16,17,18). The second kappa shape index (κ2) is 6.04. The number of aromatic nitrogens is 2. The van der Waals surface area contributed by atoms with E-state index in [-0.39, 0.29) is 11.9 Å². The Morgan fingerprint density at radius 1 is 1.45 bits per heavy atom. The summed E-state index contributed by atoms with van der Waals surface area (Å²) in [6, 6.07) is -0.187. The maximum Gasteiger partial charge on any atom is 0.242 e. The Hall–Kier alpha value is -1.89. The van der Waals surface area contributed by atoms with Crippen LogP contribution >= 0.6 is 0 Å². The topological polar surface area (TPSA) is 96.2 Å². The van der Waals surface area contributed by atoms with Crippen LogP contribution in [-0.2, 0) is 11.2 Å². The molecule has 7 heteroatoms. The predicted molar refractivity (Wildman–Crippen MR) is 78.4 cm³/mol. The largest absolute Gasteiger partial charge is 0.353 e. The third kappa shape index (κ3) is 2.53. The lowest BCUT2D eigenvalue weighted by Gasteiger charge is -2.36. The van der Waals surface area contributed by atoms with Crippen LogP contribution in [0.2, 0.25) is 0 Å². The molecule has 0 radical (unpaired) electrons. The molecule has 1 unspecified atom stereocenters. The number of amides is 1. The van der Waals surface area contributed by atoms with Crippen molar-refractivity contribution in [2.24, 2.45) is 5.84 Å². The highest BCUT2D eigenvalue weighted by atomic mass is 16.2. The number of aryl methyl sites for hydroxylation is 1.